The van der Waals surface area contributed by atoms with E-state index in [-0.39, 0.29) is 17.6 Å². The predicted octanol–water partition coefficient (Wildman–Crippen LogP) is 2.43. The zero-order chi connectivity index (χ0) is 13.8. The number of hydrogen-bond acceptors (Lipinski definition) is 3. The molecule has 100 valence electrons. The molecule has 1 fully saturated rings. The molecule has 1 aromatic rings. The Labute approximate surface area is 112 Å². The van der Waals surface area contributed by atoms with Crippen LogP contribution in [0.3, 0.4) is 0 Å². The Morgan fingerprint density at radius 2 is 1.63 bits per heavy atom. The summed E-state index contributed by atoms with van der Waals surface area (Å²) in [4.78, 5) is 36.6. The van der Waals surface area contributed by atoms with E-state index in [0.29, 0.717) is 24.1 Å². The summed E-state index contributed by atoms with van der Waals surface area (Å²) in [5.41, 5.74) is 1.03. The molecule has 1 saturated heterocycles. The van der Waals surface area contributed by atoms with Crippen LogP contribution in [0.15, 0.2) is 24.3 Å². The normalized spacial score (nSPS) is 16.1. The summed E-state index contributed by atoms with van der Waals surface area (Å²) in [6.07, 6.45) is 3.14. The van der Waals surface area contributed by atoms with E-state index in [1.54, 1.807) is 24.3 Å². The lowest BCUT2D eigenvalue weighted by Crippen LogP contribution is -2.36. The lowest BCUT2D eigenvalue weighted by atomic mass is 10.1. The number of nitrogens with zero attached hydrogens (tertiary/aromatic N) is 1. The van der Waals surface area contributed by atoms with Gasteiger partial charge < -0.3 is 0 Å². The van der Waals surface area contributed by atoms with E-state index in [1.807, 2.05) is 0 Å². The molecular formula is C15H17NO3. The van der Waals surface area contributed by atoms with Gasteiger partial charge in [-0.2, -0.15) is 0 Å². The first-order chi connectivity index (χ1) is 9.09. The molecule has 2 rings (SSSR count). The number of amides is 2. The van der Waals surface area contributed by atoms with Crippen LogP contribution in [0.1, 0.15) is 53.3 Å². The van der Waals surface area contributed by atoms with E-state index in [9.17, 15) is 14.4 Å². The molecule has 19 heavy (non-hydrogen) atoms. The van der Waals surface area contributed by atoms with E-state index in [4.69, 9.17) is 0 Å². The number of carbonyl (C=O) groups is 3. The van der Waals surface area contributed by atoms with E-state index in [0.717, 1.165) is 19.3 Å². The van der Waals surface area contributed by atoms with Gasteiger partial charge in [-0.05, 0) is 31.9 Å². The fraction of sp³-hybridized carbons (Fsp3) is 0.400. The van der Waals surface area contributed by atoms with Crippen molar-refractivity contribution in [3.05, 3.63) is 35.4 Å². The van der Waals surface area contributed by atoms with Crippen molar-refractivity contribution in [3.8, 4) is 0 Å². The third kappa shape index (κ3) is 3.08. The molecule has 4 heteroatoms. The van der Waals surface area contributed by atoms with Crippen LogP contribution in [-0.4, -0.2) is 29.0 Å². The molecule has 1 heterocycles. The Bertz CT molecular complexity index is 505. The predicted molar refractivity (Wildman–Crippen MR) is 71.0 cm³/mol. The molecule has 0 aliphatic carbocycles. The molecule has 0 radical (unpaired) electrons. The highest BCUT2D eigenvalue weighted by Gasteiger charge is 2.24. The lowest BCUT2D eigenvalue weighted by molar-refractivity contribution is -0.128. The highest BCUT2D eigenvalue weighted by molar-refractivity contribution is 6.05. The average Bonchev–Trinajstić information content (AvgIpc) is 2.63. The van der Waals surface area contributed by atoms with Gasteiger partial charge in [0.25, 0.3) is 5.91 Å². The van der Waals surface area contributed by atoms with Crippen molar-refractivity contribution in [1.82, 2.24) is 4.90 Å². The van der Waals surface area contributed by atoms with E-state index in [1.165, 1.54) is 11.8 Å². The minimum atomic E-state index is -0.262. The first-order valence-corrected chi connectivity index (χ1v) is 6.55. The first kappa shape index (κ1) is 13.5. The van der Waals surface area contributed by atoms with Gasteiger partial charge in [0.1, 0.15) is 0 Å². The van der Waals surface area contributed by atoms with Gasteiger partial charge in [-0.1, -0.05) is 18.6 Å². The van der Waals surface area contributed by atoms with Gasteiger partial charge in [0.15, 0.2) is 5.78 Å². The number of imide groups is 1. The summed E-state index contributed by atoms with van der Waals surface area (Å²) in [7, 11) is 0. The summed E-state index contributed by atoms with van der Waals surface area (Å²) >= 11 is 0. The largest absolute Gasteiger partial charge is 0.295 e. The maximum absolute atomic E-state index is 12.3. The standard InChI is InChI=1S/C15H17NO3/c1-11(17)12-6-8-13(9-7-12)15(19)16-10-4-2-3-5-14(16)18/h6-9H,2-5,10H2,1H3. The van der Waals surface area contributed by atoms with Gasteiger partial charge in [-0.3, -0.25) is 19.3 Å². The summed E-state index contributed by atoms with van der Waals surface area (Å²) in [6, 6.07) is 6.46. The van der Waals surface area contributed by atoms with Crippen molar-refractivity contribution < 1.29 is 14.4 Å². The summed E-state index contributed by atoms with van der Waals surface area (Å²) < 4.78 is 0. The highest BCUT2D eigenvalue weighted by atomic mass is 16.2. The van der Waals surface area contributed by atoms with Crippen molar-refractivity contribution >= 4 is 17.6 Å². The summed E-state index contributed by atoms with van der Waals surface area (Å²) in [5, 5.41) is 0. The molecule has 0 bridgehead atoms. The molecule has 0 saturated carbocycles. The second-order valence-electron chi connectivity index (χ2n) is 4.79. The number of carbonyl (C=O) groups excluding carboxylic acids is 3. The fourth-order valence-corrected chi connectivity index (χ4v) is 2.20. The second kappa shape index (κ2) is 5.78. The van der Waals surface area contributed by atoms with E-state index >= 15 is 0 Å². The maximum atomic E-state index is 12.3. The Hall–Kier alpha value is -1.97. The fourth-order valence-electron chi connectivity index (χ4n) is 2.20. The quantitative estimate of drug-likeness (QED) is 0.605. The van der Waals surface area contributed by atoms with Crippen LogP contribution in [-0.2, 0) is 4.79 Å². The van der Waals surface area contributed by atoms with Gasteiger partial charge >= 0.3 is 0 Å². The molecule has 4 nitrogen and oxygen atoms in total. The van der Waals surface area contributed by atoms with Crippen LogP contribution < -0.4 is 0 Å². The van der Waals surface area contributed by atoms with Gasteiger partial charge in [0, 0.05) is 24.1 Å². The molecule has 2 amide bonds. The number of ketones is 1. The molecule has 1 aliphatic rings. The number of rotatable bonds is 2. The Morgan fingerprint density at radius 3 is 2.26 bits per heavy atom. The zero-order valence-corrected chi connectivity index (χ0v) is 11.0. The molecule has 1 aliphatic heterocycles. The van der Waals surface area contributed by atoms with Crippen LogP contribution in [0.25, 0.3) is 0 Å². The summed E-state index contributed by atoms with van der Waals surface area (Å²) in [6.45, 7) is 1.97. The van der Waals surface area contributed by atoms with Crippen LogP contribution in [0.2, 0.25) is 0 Å². The molecule has 0 aromatic heterocycles. The van der Waals surface area contributed by atoms with Gasteiger partial charge in [-0.15, -0.1) is 0 Å². The third-order valence-electron chi connectivity index (χ3n) is 3.36. The third-order valence-corrected chi connectivity index (χ3v) is 3.36. The molecule has 0 atom stereocenters. The van der Waals surface area contributed by atoms with Crippen molar-refractivity contribution in [2.24, 2.45) is 0 Å². The molecule has 0 unspecified atom stereocenters. The van der Waals surface area contributed by atoms with Gasteiger partial charge in [-0.25, -0.2) is 0 Å². The molecular weight excluding hydrogens is 242 g/mol. The van der Waals surface area contributed by atoms with Crippen LogP contribution in [0, 0.1) is 0 Å². The monoisotopic (exact) mass is 259 g/mol. The minimum Gasteiger partial charge on any atom is -0.295 e. The zero-order valence-electron chi connectivity index (χ0n) is 11.0. The lowest BCUT2D eigenvalue weighted by Gasteiger charge is -2.18. The van der Waals surface area contributed by atoms with Crippen molar-refractivity contribution in [1.29, 1.82) is 0 Å². The highest BCUT2D eigenvalue weighted by Crippen LogP contribution is 2.15. The Kier molecular flexibility index (Phi) is 4.10. The number of hydrogen-bond donors (Lipinski definition) is 0. The molecule has 1 aromatic carbocycles. The number of benzene rings is 1. The Morgan fingerprint density at radius 1 is 1.00 bits per heavy atom. The van der Waals surface area contributed by atoms with E-state index < -0.39 is 0 Å². The van der Waals surface area contributed by atoms with Crippen LogP contribution in [0.4, 0.5) is 0 Å². The second-order valence-corrected chi connectivity index (χ2v) is 4.79. The summed E-state index contributed by atoms with van der Waals surface area (Å²) in [5.74, 6) is -0.398. The van der Waals surface area contributed by atoms with Crippen molar-refractivity contribution in [3.63, 3.8) is 0 Å². The topological polar surface area (TPSA) is 54.5 Å². The van der Waals surface area contributed by atoms with Crippen LogP contribution >= 0.6 is 0 Å². The SMILES string of the molecule is CC(=O)c1ccc(C(=O)N2CCCCCC2=O)cc1. The smallest absolute Gasteiger partial charge is 0.260 e. The van der Waals surface area contributed by atoms with Crippen molar-refractivity contribution in [2.45, 2.75) is 32.6 Å². The van der Waals surface area contributed by atoms with Crippen LogP contribution in [0.5, 0.6) is 0 Å². The first-order valence-electron chi connectivity index (χ1n) is 6.55. The van der Waals surface area contributed by atoms with Gasteiger partial charge in [0.2, 0.25) is 5.91 Å². The number of likely N-dealkylation sites (tertiary alicyclic amines) is 1. The van der Waals surface area contributed by atoms with Crippen molar-refractivity contribution in [2.75, 3.05) is 6.54 Å². The Balaban J connectivity index is 2.18. The number of Topliss-reactive ketones (excluding diaryl/α,β-unsaturated/α-hetero) is 1. The molecule has 0 spiro atoms. The molecule has 0 N–H and O–H groups in total. The average molecular weight is 259 g/mol. The van der Waals surface area contributed by atoms with E-state index in [2.05, 4.69) is 0 Å². The van der Waals surface area contributed by atoms with Gasteiger partial charge in [0.05, 0.1) is 0 Å². The minimum absolute atomic E-state index is 0.0372. The maximum Gasteiger partial charge on any atom is 0.260 e.